The minimum Gasteiger partial charge on any atom is -0.375 e. The van der Waals surface area contributed by atoms with Crippen LogP contribution in [0.4, 0.5) is 15.8 Å². The summed E-state index contributed by atoms with van der Waals surface area (Å²) >= 11 is 6.14. The van der Waals surface area contributed by atoms with Crippen molar-refractivity contribution in [3.63, 3.8) is 0 Å². The molecular weight excluding hydrogens is 419 g/mol. The fraction of sp³-hybridized carbons (Fsp3) is 0.391. The van der Waals surface area contributed by atoms with Crippen molar-refractivity contribution in [1.82, 2.24) is 9.80 Å². The molecule has 2 saturated heterocycles. The largest absolute Gasteiger partial charge is 0.375 e. The van der Waals surface area contributed by atoms with Crippen LogP contribution in [0.3, 0.4) is 0 Å². The Bertz CT molecular complexity index is 939. The van der Waals surface area contributed by atoms with Gasteiger partial charge in [0.2, 0.25) is 5.91 Å². The predicted octanol–water partition coefficient (Wildman–Crippen LogP) is 3.48. The van der Waals surface area contributed by atoms with E-state index in [1.807, 2.05) is 4.90 Å². The Morgan fingerprint density at radius 2 is 1.58 bits per heavy atom. The molecule has 4 rings (SSSR count). The summed E-state index contributed by atoms with van der Waals surface area (Å²) < 4.78 is 13.1. The summed E-state index contributed by atoms with van der Waals surface area (Å²) in [5.41, 5.74) is 2.08. The van der Waals surface area contributed by atoms with Gasteiger partial charge in [-0.2, -0.15) is 0 Å². The van der Waals surface area contributed by atoms with Crippen molar-refractivity contribution in [2.45, 2.75) is 12.8 Å². The maximum atomic E-state index is 13.1. The van der Waals surface area contributed by atoms with Gasteiger partial charge in [-0.25, -0.2) is 4.39 Å². The Morgan fingerprint density at radius 1 is 0.903 bits per heavy atom. The summed E-state index contributed by atoms with van der Waals surface area (Å²) in [5, 5.41) is 3.64. The fourth-order valence-corrected chi connectivity index (χ4v) is 4.26. The minimum atomic E-state index is -0.257. The minimum absolute atomic E-state index is 0.0293. The smallest absolute Gasteiger partial charge is 0.255 e. The van der Waals surface area contributed by atoms with Crippen LogP contribution < -0.4 is 10.2 Å². The fourth-order valence-electron chi connectivity index (χ4n) is 4.09. The van der Waals surface area contributed by atoms with Gasteiger partial charge in [0.15, 0.2) is 0 Å². The molecule has 2 aliphatic heterocycles. The lowest BCUT2D eigenvalue weighted by Crippen LogP contribution is -2.50. The van der Waals surface area contributed by atoms with Crippen LogP contribution in [0.25, 0.3) is 0 Å². The first-order valence-electron chi connectivity index (χ1n) is 10.6. The number of anilines is 2. The zero-order chi connectivity index (χ0) is 21.8. The van der Waals surface area contributed by atoms with E-state index >= 15 is 0 Å². The molecule has 164 valence electrons. The number of carbonyl (C=O) groups excluding carboxylic acids is 2. The summed E-state index contributed by atoms with van der Waals surface area (Å²) in [6.07, 6.45) is 2.04. The van der Waals surface area contributed by atoms with Crippen molar-refractivity contribution >= 4 is 34.8 Å². The molecule has 0 aliphatic carbocycles. The topological polar surface area (TPSA) is 55.9 Å². The SMILES string of the molecule is O=C(CNc1cc(Cl)ccc1C(=O)N1CCCC1)N1CCN(c2ccc(F)cc2)CC1. The number of halogens is 2. The molecule has 31 heavy (non-hydrogen) atoms. The summed E-state index contributed by atoms with van der Waals surface area (Å²) in [4.78, 5) is 31.4. The van der Waals surface area contributed by atoms with Gasteiger partial charge in [0.05, 0.1) is 12.1 Å². The first kappa shape index (κ1) is 21.4. The van der Waals surface area contributed by atoms with E-state index in [0.29, 0.717) is 42.5 Å². The molecular formula is C23H26ClFN4O2. The number of nitrogens with zero attached hydrogens (tertiary/aromatic N) is 3. The molecule has 0 aromatic heterocycles. The van der Waals surface area contributed by atoms with Gasteiger partial charge in [0.25, 0.3) is 5.91 Å². The van der Waals surface area contributed by atoms with Crippen LogP contribution in [0.2, 0.25) is 5.02 Å². The van der Waals surface area contributed by atoms with Crippen molar-refractivity contribution in [1.29, 1.82) is 0 Å². The van der Waals surface area contributed by atoms with Crippen LogP contribution in [0.15, 0.2) is 42.5 Å². The van der Waals surface area contributed by atoms with Crippen molar-refractivity contribution in [3.8, 4) is 0 Å². The highest BCUT2D eigenvalue weighted by molar-refractivity contribution is 6.31. The molecule has 0 atom stereocenters. The number of hydrogen-bond donors (Lipinski definition) is 1. The van der Waals surface area contributed by atoms with E-state index in [1.54, 1.807) is 35.2 Å². The maximum Gasteiger partial charge on any atom is 0.255 e. The molecule has 2 aromatic rings. The Morgan fingerprint density at radius 3 is 2.26 bits per heavy atom. The Hall–Kier alpha value is -2.80. The van der Waals surface area contributed by atoms with Crippen LogP contribution in [0.1, 0.15) is 23.2 Å². The lowest BCUT2D eigenvalue weighted by Gasteiger charge is -2.36. The molecule has 0 radical (unpaired) electrons. The van der Waals surface area contributed by atoms with Gasteiger partial charge in [-0.1, -0.05) is 11.6 Å². The van der Waals surface area contributed by atoms with E-state index in [2.05, 4.69) is 10.2 Å². The van der Waals surface area contributed by atoms with Gasteiger partial charge in [-0.15, -0.1) is 0 Å². The number of nitrogens with one attached hydrogen (secondary N) is 1. The standard InChI is InChI=1S/C23H26ClFN4O2/c24-17-3-8-20(23(31)29-9-1-2-10-29)21(15-17)26-16-22(30)28-13-11-27(12-14-28)19-6-4-18(25)5-7-19/h3-8,15,26H,1-2,9-14,16H2. The van der Waals surface area contributed by atoms with Crippen LogP contribution in [-0.2, 0) is 4.79 Å². The van der Waals surface area contributed by atoms with E-state index < -0.39 is 0 Å². The average Bonchev–Trinajstić information content (AvgIpc) is 3.33. The summed E-state index contributed by atoms with van der Waals surface area (Å²) in [5.74, 6) is -0.317. The quantitative estimate of drug-likeness (QED) is 0.767. The van der Waals surface area contributed by atoms with Crippen molar-refractivity contribution in [2.75, 3.05) is 56.0 Å². The molecule has 0 bridgehead atoms. The number of piperazine rings is 1. The predicted molar refractivity (Wildman–Crippen MR) is 120 cm³/mol. The maximum absolute atomic E-state index is 13.1. The van der Waals surface area contributed by atoms with Crippen LogP contribution in [0.5, 0.6) is 0 Å². The lowest BCUT2D eigenvalue weighted by molar-refractivity contribution is -0.129. The Balaban J connectivity index is 1.34. The van der Waals surface area contributed by atoms with E-state index in [4.69, 9.17) is 11.6 Å². The van der Waals surface area contributed by atoms with Gasteiger partial charge in [-0.3, -0.25) is 9.59 Å². The normalized spacial score (nSPS) is 16.5. The third-order valence-electron chi connectivity index (χ3n) is 5.86. The summed E-state index contributed by atoms with van der Waals surface area (Å²) in [7, 11) is 0. The first-order valence-corrected chi connectivity index (χ1v) is 11.0. The zero-order valence-electron chi connectivity index (χ0n) is 17.3. The molecule has 1 N–H and O–H groups in total. The molecule has 2 fully saturated rings. The lowest BCUT2D eigenvalue weighted by atomic mass is 10.1. The van der Waals surface area contributed by atoms with E-state index in [-0.39, 0.29) is 24.2 Å². The van der Waals surface area contributed by atoms with Gasteiger partial charge in [-0.05, 0) is 55.3 Å². The second-order valence-electron chi connectivity index (χ2n) is 7.89. The number of carbonyl (C=O) groups is 2. The van der Waals surface area contributed by atoms with Gasteiger partial charge in [0.1, 0.15) is 5.82 Å². The van der Waals surface area contributed by atoms with Crippen LogP contribution in [0, 0.1) is 5.82 Å². The molecule has 2 amide bonds. The molecule has 0 unspecified atom stereocenters. The second kappa shape index (κ2) is 9.56. The number of amides is 2. The monoisotopic (exact) mass is 444 g/mol. The van der Waals surface area contributed by atoms with Crippen molar-refractivity contribution in [2.24, 2.45) is 0 Å². The Labute approximate surface area is 186 Å². The van der Waals surface area contributed by atoms with Gasteiger partial charge in [0, 0.05) is 55.7 Å². The van der Waals surface area contributed by atoms with E-state index in [9.17, 15) is 14.0 Å². The Kier molecular flexibility index (Phi) is 6.61. The van der Waals surface area contributed by atoms with E-state index in [1.165, 1.54) is 12.1 Å². The highest BCUT2D eigenvalue weighted by atomic mass is 35.5. The van der Waals surface area contributed by atoms with Gasteiger partial charge >= 0.3 is 0 Å². The number of rotatable bonds is 5. The number of benzene rings is 2. The first-order chi connectivity index (χ1) is 15.0. The van der Waals surface area contributed by atoms with Crippen LogP contribution >= 0.6 is 11.6 Å². The highest BCUT2D eigenvalue weighted by Gasteiger charge is 2.24. The molecule has 0 spiro atoms. The third kappa shape index (κ3) is 5.10. The number of hydrogen-bond acceptors (Lipinski definition) is 4. The van der Waals surface area contributed by atoms with Gasteiger partial charge < -0.3 is 20.0 Å². The van der Waals surface area contributed by atoms with E-state index in [0.717, 1.165) is 31.6 Å². The average molecular weight is 445 g/mol. The molecule has 8 heteroatoms. The molecule has 2 aliphatic rings. The molecule has 6 nitrogen and oxygen atoms in total. The summed E-state index contributed by atoms with van der Waals surface area (Å²) in [6.45, 7) is 4.17. The summed E-state index contributed by atoms with van der Waals surface area (Å²) in [6, 6.07) is 11.5. The van der Waals surface area contributed by atoms with Crippen LogP contribution in [-0.4, -0.2) is 67.4 Å². The molecule has 0 saturated carbocycles. The van der Waals surface area contributed by atoms with Crippen molar-refractivity contribution < 1.29 is 14.0 Å². The zero-order valence-corrected chi connectivity index (χ0v) is 18.1. The third-order valence-corrected chi connectivity index (χ3v) is 6.09. The molecule has 2 aromatic carbocycles. The molecule has 2 heterocycles. The number of likely N-dealkylation sites (tertiary alicyclic amines) is 1. The highest BCUT2D eigenvalue weighted by Crippen LogP contribution is 2.24. The van der Waals surface area contributed by atoms with Crippen molar-refractivity contribution in [3.05, 3.63) is 58.9 Å². The second-order valence-corrected chi connectivity index (χ2v) is 8.32.